The molecule has 5 nitrogen and oxygen atoms in total. The Morgan fingerprint density at radius 3 is 2.00 bits per heavy atom. The van der Waals surface area contributed by atoms with Crippen LogP contribution < -0.4 is 4.90 Å². The van der Waals surface area contributed by atoms with E-state index >= 15 is 0 Å². The van der Waals surface area contributed by atoms with Crippen LogP contribution in [-0.2, 0) is 17.1 Å². The van der Waals surface area contributed by atoms with E-state index in [0.717, 1.165) is 16.8 Å². The zero-order chi connectivity index (χ0) is 22.3. The van der Waals surface area contributed by atoms with Gasteiger partial charge in [-0.2, -0.15) is 31.4 Å². The monoisotopic (exact) mass is 454 g/mol. The highest BCUT2D eigenvalue weighted by molar-refractivity contribution is 6.32. The molecule has 1 fully saturated rings. The van der Waals surface area contributed by atoms with Crippen LogP contribution in [0.25, 0.3) is 0 Å². The van der Waals surface area contributed by atoms with Gasteiger partial charge in [-0.25, -0.2) is 4.68 Å². The van der Waals surface area contributed by atoms with E-state index in [2.05, 4.69) is 5.10 Å². The maximum Gasteiger partial charge on any atom is 0.436 e. The molecule has 0 saturated carbocycles. The van der Waals surface area contributed by atoms with Gasteiger partial charge < -0.3 is 4.90 Å². The second-order valence-electron chi connectivity index (χ2n) is 6.81. The molecule has 164 valence electrons. The first kappa shape index (κ1) is 22.4. The third-order valence-electron chi connectivity index (χ3n) is 4.97. The van der Waals surface area contributed by atoms with Gasteiger partial charge in [0.2, 0.25) is 0 Å². The van der Waals surface area contributed by atoms with Crippen LogP contribution in [-0.4, -0.2) is 47.1 Å². The number of aldehydes is 1. The van der Waals surface area contributed by atoms with Crippen LogP contribution in [0.5, 0.6) is 0 Å². The number of nitrogens with zero attached hydrogens (tertiary/aromatic N) is 4. The van der Waals surface area contributed by atoms with Gasteiger partial charge in [0, 0.05) is 31.9 Å². The molecule has 1 aromatic heterocycles. The minimum absolute atomic E-state index is 0.0197. The van der Waals surface area contributed by atoms with Crippen molar-refractivity contribution in [3.05, 3.63) is 46.2 Å². The summed E-state index contributed by atoms with van der Waals surface area (Å²) in [5.41, 5.74) is -1.40. The van der Waals surface area contributed by atoms with Crippen LogP contribution >= 0.6 is 11.6 Å². The maximum atomic E-state index is 13.1. The van der Waals surface area contributed by atoms with Crippen LogP contribution in [0, 0.1) is 6.92 Å². The quantitative estimate of drug-likeness (QED) is 0.507. The summed E-state index contributed by atoms with van der Waals surface area (Å²) < 4.78 is 78.2. The van der Waals surface area contributed by atoms with Crippen molar-refractivity contribution >= 4 is 23.6 Å². The lowest BCUT2D eigenvalue weighted by molar-refractivity contribution is -0.142. The summed E-state index contributed by atoms with van der Waals surface area (Å²) in [6.45, 7) is 2.68. The zero-order valence-corrected chi connectivity index (χ0v) is 16.4. The van der Waals surface area contributed by atoms with Gasteiger partial charge in [-0.3, -0.25) is 9.69 Å². The van der Waals surface area contributed by atoms with Crippen molar-refractivity contribution in [1.82, 2.24) is 14.7 Å². The van der Waals surface area contributed by atoms with Crippen LogP contribution in [0.3, 0.4) is 0 Å². The topological polar surface area (TPSA) is 41.4 Å². The largest absolute Gasteiger partial charge is 0.436 e. The van der Waals surface area contributed by atoms with Crippen molar-refractivity contribution < 1.29 is 31.1 Å². The van der Waals surface area contributed by atoms with E-state index in [0.29, 0.717) is 38.2 Å². The summed E-state index contributed by atoms with van der Waals surface area (Å²) in [6, 6.07) is 4.71. The van der Waals surface area contributed by atoms with Crippen LogP contribution in [0.2, 0.25) is 5.02 Å². The molecule has 0 aliphatic carbocycles. The molecule has 3 rings (SSSR count). The van der Waals surface area contributed by atoms with E-state index < -0.39 is 34.8 Å². The Kier molecular flexibility index (Phi) is 6.06. The Balaban J connectivity index is 1.73. The van der Waals surface area contributed by atoms with Crippen molar-refractivity contribution in [2.75, 3.05) is 31.1 Å². The molecule has 1 aliphatic rings. The summed E-state index contributed by atoms with van der Waals surface area (Å²) in [5, 5.41) is 2.95. The van der Waals surface area contributed by atoms with Gasteiger partial charge in [0.05, 0.1) is 16.3 Å². The van der Waals surface area contributed by atoms with Gasteiger partial charge in [-0.1, -0.05) is 11.6 Å². The molecule has 0 spiro atoms. The van der Waals surface area contributed by atoms with Crippen molar-refractivity contribution in [2.45, 2.75) is 25.4 Å². The number of carbonyl (C=O) groups excluding carboxylic acids is 1. The van der Waals surface area contributed by atoms with E-state index in [1.807, 2.05) is 4.90 Å². The lowest BCUT2D eigenvalue weighted by atomic mass is 10.1. The van der Waals surface area contributed by atoms with E-state index in [1.54, 1.807) is 4.90 Å². The lowest BCUT2D eigenvalue weighted by Crippen LogP contribution is -2.49. The van der Waals surface area contributed by atoms with Gasteiger partial charge in [-0.05, 0) is 31.2 Å². The number of aromatic nitrogens is 2. The first-order valence-corrected chi connectivity index (χ1v) is 9.24. The Hall–Kier alpha value is -2.27. The van der Waals surface area contributed by atoms with Crippen LogP contribution in [0.15, 0.2) is 24.3 Å². The summed E-state index contributed by atoms with van der Waals surface area (Å²) in [7, 11) is 0. The highest BCUT2D eigenvalue weighted by atomic mass is 35.5. The number of rotatable bonds is 4. The number of hydrogen-bond donors (Lipinski definition) is 0. The van der Waals surface area contributed by atoms with E-state index in [-0.39, 0.29) is 5.69 Å². The molecule has 0 bridgehead atoms. The summed E-state index contributed by atoms with van der Waals surface area (Å²) in [5.74, 6) is 0. The highest BCUT2D eigenvalue weighted by Gasteiger charge is 2.40. The Bertz CT molecular complexity index is 901. The van der Waals surface area contributed by atoms with Gasteiger partial charge >= 0.3 is 12.4 Å². The fourth-order valence-corrected chi connectivity index (χ4v) is 3.57. The third-order valence-corrected chi connectivity index (χ3v) is 5.42. The summed E-state index contributed by atoms with van der Waals surface area (Å²) in [6.07, 6.45) is -9.76. The molecule has 1 saturated heterocycles. The molecule has 0 N–H and O–H groups in total. The minimum Gasteiger partial charge on any atom is -0.369 e. The number of hydrogen-bond acceptors (Lipinski definition) is 4. The number of carbonyl (C=O) groups is 1. The normalized spacial score (nSPS) is 17.3. The summed E-state index contributed by atoms with van der Waals surface area (Å²) in [4.78, 5) is 15.1. The smallest absolute Gasteiger partial charge is 0.369 e. The van der Waals surface area contributed by atoms with Gasteiger partial charge in [0.25, 0.3) is 0 Å². The Morgan fingerprint density at radius 1 is 1.00 bits per heavy atom. The zero-order valence-electron chi connectivity index (χ0n) is 15.6. The van der Waals surface area contributed by atoms with Crippen molar-refractivity contribution in [3.8, 4) is 0 Å². The molecule has 1 unspecified atom stereocenters. The number of benzene rings is 1. The molecule has 12 heteroatoms. The maximum absolute atomic E-state index is 13.1. The number of halogens is 7. The van der Waals surface area contributed by atoms with Gasteiger partial charge in [0.1, 0.15) is 0 Å². The predicted octanol–water partition coefficient (Wildman–Crippen LogP) is 4.40. The fraction of sp³-hybridized carbons (Fsp3) is 0.444. The molecule has 0 radical (unpaired) electrons. The molecule has 2 aromatic rings. The Morgan fingerprint density at radius 2 is 1.57 bits per heavy atom. The summed E-state index contributed by atoms with van der Waals surface area (Å²) >= 11 is 5.76. The third kappa shape index (κ3) is 4.41. The molecule has 1 atom stereocenters. The second-order valence-corrected chi connectivity index (χ2v) is 7.19. The van der Waals surface area contributed by atoms with E-state index in [1.165, 1.54) is 19.1 Å². The van der Waals surface area contributed by atoms with Crippen LogP contribution in [0.1, 0.15) is 23.1 Å². The molecular formula is C18H17ClF6N4O. The first-order chi connectivity index (χ1) is 13.9. The average Bonchev–Trinajstić information content (AvgIpc) is 2.98. The van der Waals surface area contributed by atoms with Crippen LogP contribution in [0.4, 0.5) is 32.0 Å². The van der Waals surface area contributed by atoms with E-state index in [9.17, 15) is 31.1 Å². The first-order valence-electron chi connectivity index (χ1n) is 8.87. The molecule has 30 heavy (non-hydrogen) atoms. The standard InChI is InChI=1S/C18H17ClF6N4O/c1-11-15(19)16(18(23,24)25)26-29(11)14(10-30)28-8-6-27(7-9-28)13-4-2-12(3-5-13)17(20,21)22/h2-5,10,14H,6-9H2,1H3. The molecular weight excluding hydrogens is 438 g/mol. The van der Waals surface area contributed by atoms with Crippen molar-refractivity contribution in [3.63, 3.8) is 0 Å². The fourth-order valence-electron chi connectivity index (χ4n) is 3.34. The molecule has 0 amide bonds. The SMILES string of the molecule is Cc1c(Cl)c(C(F)(F)F)nn1C(C=O)N1CCN(c2ccc(C(F)(F)F)cc2)CC1. The molecule has 1 aromatic carbocycles. The number of anilines is 1. The minimum atomic E-state index is -4.75. The second kappa shape index (κ2) is 8.10. The lowest BCUT2D eigenvalue weighted by Gasteiger charge is -2.38. The Labute approximate surface area is 172 Å². The molecule has 1 aliphatic heterocycles. The number of piperazine rings is 1. The average molecular weight is 455 g/mol. The highest BCUT2D eigenvalue weighted by Crippen LogP contribution is 2.36. The van der Waals surface area contributed by atoms with Crippen molar-refractivity contribution in [1.29, 1.82) is 0 Å². The van der Waals surface area contributed by atoms with Crippen molar-refractivity contribution in [2.24, 2.45) is 0 Å². The predicted molar refractivity (Wildman–Crippen MR) is 97.3 cm³/mol. The van der Waals surface area contributed by atoms with Gasteiger partial charge in [0.15, 0.2) is 18.1 Å². The van der Waals surface area contributed by atoms with Gasteiger partial charge in [-0.15, -0.1) is 0 Å². The molecule has 2 heterocycles. The van der Waals surface area contributed by atoms with E-state index in [4.69, 9.17) is 11.6 Å². The number of alkyl halides is 6.